The number of amides is 1. The lowest BCUT2D eigenvalue weighted by Gasteiger charge is -2.05. The molecule has 0 atom stereocenters. The second-order valence-corrected chi connectivity index (χ2v) is 3.52. The van der Waals surface area contributed by atoms with E-state index in [1.54, 1.807) is 6.07 Å². The van der Waals surface area contributed by atoms with Gasteiger partial charge in [0.1, 0.15) is 0 Å². The summed E-state index contributed by atoms with van der Waals surface area (Å²) in [5.74, 6) is -0.0389. The zero-order valence-corrected chi connectivity index (χ0v) is 7.96. The van der Waals surface area contributed by atoms with Crippen LogP contribution in [0.2, 0.25) is 0 Å². The van der Waals surface area contributed by atoms with E-state index in [0.29, 0.717) is 17.7 Å². The van der Waals surface area contributed by atoms with Crippen LogP contribution in [0.15, 0.2) is 18.2 Å². The molecule has 3 nitrogen and oxygen atoms in total. The van der Waals surface area contributed by atoms with Crippen molar-refractivity contribution in [3.63, 3.8) is 0 Å². The summed E-state index contributed by atoms with van der Waals surface area (Å²) in [6.07, 6.45) is 0.592. The summed E-state index contributed by atoms with van der Waals surface area (Å²) in [5.41, 5.74) is 2.31. The maximum atomic E-state index is 11.6. The molecule has 1 amide bonds. The highest BCUT2D eigenvalue weighted by Crippen LogP contribution is 2.22. The molecular weight excluding hydrogens is 178 g/mol. The van der Waals surface area contributed by atoms with E-state index in [4.69, 9.17) is 0 Å². The first kappa shape index (κ1) is 8.94. The SMILES string of the molecule is Cc1ccc2c(c1)C(=O)CCC(=O)N2. The van der Waals surface area contributed by atoms with Crippen molar-refractivity contribution in [1.29, 1.82) is 0 Å². The van der Waals surface area contributed by atoms with Gasteiger partial charge in [-0.15, -0.1) is 0 Å². The molecule has 0 spiro atoms. The quantitative estimate of drug-likeness (QED) is 0.677. The molecule has 0 radical (unpaired) electrons. The molecule has 0 fully saturated rings. The predicted molar refractivity (Wildman–Crippen MR) is 53.4 cm³/mol. The molecule has 0 aliphatic carbocycles. The zero-order valence-electron chi connectivity index (χ0n) is 7.96. The average molecular weight is 189 g/mol. The number of hydrogen-bond acceptors (Lipinski definition) is 2. The van der Waals surface area contributed by atoms with Crippen LogP contribution >= 0.6 is 0 Å². The van der Waals surface area contributed by atoms with Gasteiger partial charge in [-0.05, 0) is 19.1 Å². The van der Waals surface area contributed by atoms with Crippen LogP contribution in [-0.2, 0) is 4.79 Å². The molecule has 0 aromatic heterocycles. The Hall–Kier alpha value is -1.64. The maximum Gasteiger partial charge on any atom is 0.224 e. The summed E-state index contributed by atoms with van der Waals surface area (Å²) in [6.45, 7) is 1.93. The number of fused-ring (bicyclic) bond motifs is 1. The summed E-state index contributed by atoms with van der Waals surface area (Å²) in [5, 5.41) is 2.72. The van der Waals surface area contributed by atoms with Gasteiger partial charge < -0.3 is 5.32 Å². The number of benzene rings is 1. The highest BCUT2D eigenvalue weighted by molar-refractivity contribution is 6.09. The van der Waals surface area contributed by atoms with E-state index in [-0.39, 0.29) is 18.1 Å². The molecule has 1 N–H and O–H groups in total. The highest BCUT2D eigenvalue weighted by Gasteiger charge is 2.18. The van der Waals surface area contributed by atoms with Gasteiger partial charge in [0.2, 0.25) is 5.91 Å². The number of anilines is 1. The smallest absolute Gasteiger partial charge is 0.224 e. The van der Waals surface area contributed by atoms with Gasteiger partial charge in [0, 0.05) is 18.4 Å². The van der Waals surface area contributed by atoms with Gasteiger partial charge in [-0.25, -0.2) is 0 Å². The molecule has 1 aliphatic heterocycles. The van der Waals surface area contributed by atoms with Crippen molar-refractivity contribution in [1.82, 2.24) is 0 Å². The Bertz CT molecular complexity index is 410. The minimum atomic E-state index is -0.0825. The number of aryl methyl sites for hydroxylation is 1. The lowest BCUT2D eigenvalue weighted by Crippen LogP contribution is -2.09. The van der Waals surface area contributed by atoms with E-state index in [2.05, 4.69) is 5.32 Å². The largest absolute Gasteiger partial charge is 0.325 e. The van der Waals surface area contributed by atoms with Crippen molar-refractivity contribution in [3.8, 4) is 0 Å². The van der Waals surface area contributed by atoms with Gasteiger partial charge in [-0.1, -0.05) is 11.6 Å². The molecule has 0 bridgehead atoms. The van der Waals surface area contributed by atoms with Gasteiger partial charge in [0.25, 0.3) is 0 Å². The highest BCUT2D eigenvalue weighted by atomic mass is 16.2. The Morgan fingerprint density at radius 1 is 1.21 bits per heavy atom. The molecule has 1 heterocycles. The summed E-state index contributed by atoms with van der Waals surface area (Å²) < 4.78 is 0. The molecule has 0 saturated heterocycles. The molecule has 2 rings (SSSR count). The van der Waals surface area contributed by atoms with E-state index in [1.165, 1.54) is 0 Å². The molecule has 1 aliphatic rings. The van der Waals surface area contributed by atoms with Crippen molar-refractivity contribution < 1.29 is 9.59 Å². The number of carbonyl (C=O) groups excluding carboxylic acids is 2. The molecule has 0 unspecified atom stereocenters. The molecule has 72 valence electrons. The number of hydrogen-bond donors (Lipinski definition) is 1. The topological polar surface area (TPSA) is 46.2 Å². The Kier molecular flexibility index (Phi) is 2.08. The van der Waals surface area contributed by atoms with Crippen LogP contribution in [0.25, 0.3) is 0 Å². The predicted octanol–water partition coefficient (Wildman–Crippen LogP) is 1.91. The third-order valence-corrected chi connectivity index (χ3v) is 2.33. The molecule has 0 saturated carbocycles. The second-order valence-electron chi connectivity index (χ2n) is 3.52. The maximum absolute atomic E-state index is 11.6. The van der Waals surface area contributed by atoms with Crippen LogP contribution in [0, 0.1) is 6.92 Å². The van der Waals surface area contributed by atoms with Crippen LogP contribution in [0.3, 0.4) is 0 Å². The summed E-state index contributed by atoms with van der Waals surface area (Å²) >= 11 is 0. The fourth-order valence-electron chi connectivity index (χ4n) is 1.57. The fraction of sp³-hybridized carbons (Fsp3) is 0.273. The number of nitrogens with one attached hydrogen (secondary N) is 1. The van der Waals surface area contributed by atoms with Crippen LogP contribution in [0.4, 0.5) is 5.69 Å². The molecule has 3 heteroatoms. The molecule has 1 aromatic carbocycles. The number of ketones is 1. The first-order valence-electron chi connectivity index (χ1n) is 4.60. The minimum absolute atomic E-state index is 0.0436. The van der Waals surface area contributed by atoms with Crippen molar-refractivity contribution in [3.05, 3.63) is 29.3 Å². The monoisotopic (exact) mass is 189 g/mol. The summed E-state index contributed by atoms with van der Waals surface area (Å²) in [6, 6.07) is 5.49. The molecule has 14 heavy (non-hydrogen) atoms. The average Bonchev–Trinajstić information content (AvgIpc) is 2.29. The van der Waals surface area contributed by atoms with Gasteiger partial charge in [0.15, 0.2) is 5.78 Å². The Morgan fingerprint density at radius 2 is 2.00 bits per heavy atom. The van der Waals surface area contributed by atoms with Crippen molar-refractivity contribution in [2.45, 2.75) is 19.8 Å². The normalized spacial score (nSPS) is 15.8. The van der Waals surface area contributed by atoms with Crippen molar-refractivity contribution in [2.75, 3.05) is 5.32 Å². The van der Waals surface area contributed by atoms with Gasteiger partial charge in [0.05, 0.1) is 5.69 Å². The van der Waals surface area contributed by atoms with Crippen molar-refractivity contribution in [2.24, 2.45) is 0 Å². The van der Waals surface area contributed by atoms with E-state index in [1.807, 2.05) is 19.1 Å². The Labute approximate surface area is 82.1 Å². The van der Waals surface area contributed by atoms with E-state index in [9.17, 15) is 9.59 Å². The fourth-order valence-corrected chi connectivity index (χ4v) is 1.57. The van der Waals surface area contributed by atoms with Crippen LogP contribution < -0.4 is 5.32 Å². The minimum Gasteiger partial charge on any atom is -0.325 e. The van der Waals surface area contributed by atoms with Gasteiger partial charge >= 0.3 is 0 Å². The number of carbonyl (C=O) groups is 2. The third kappa shape index (κ3) is 1.53. The van der Waals surface area contributed by atoms with Gasteiger partial charge in [-0.2, -0.15) is 0 Å². The summed E-state index contributed by atoms with van der Waals surface area (Å²) in [7, 11) is 0. The Morgan fingerprint density at radius 3 is 2.79 bits per heavy atom. The summed E-state index contributed by atoms with van der Waals surface area (Å²) in [4.78, 5) is 22.8. The lowest BCUT2D eigenvalue weighted by molar-refractivity contribution is -0.116. The second kappa shape index (κ2) is 3.25. The molecule has 1 aromatic rings. The van der Waals surface area contributed by atoms with Crippen LogP contribution in [0.1, 0.15) is 28.8 Å². The van der Waals surface area contributed by atoms with E-state index >= 15 is 0 Å². The first-order valence-corrected chi connectivity index (χ1v) is 4.60. The molecular formula is C11H11NO2. The van der Waals surface area contributed by atoms with Crippen LogP contribution in [-0.4, -0.2) is 11.7 Å². The standard InChI is InChI=1S/C11H11NO2/c1-7-2-3-9-8(6-7)10(13)4-5-11(14)12-9/h2-3,6H,4-5H2,1H3,(H,12,14). The van der Waals surface area contributed by atoms with Crippen molar-refractivity contribution >= 4 is 17.4 Å². The number of rotatable bonds is 0. The van der Waals surface area contributed by atoms with E-state index in [0.717, 1.165) is 5.56 Å². The third-order valence-electron chi connectivity index (χ3n) is 2.33. The Balaban J connectivity index is 2.52. The zero-order chi connectivity index (χ0) is 10.1. The lowest BCUT2D eigenvalue weighted by atomic mass is 10.0. The van der Waals surface area contributed by atoms with Crippen LogP contribution in [0.5, 0.6) is 0 Å². The van der Waals surface area contributed by atoms with E-state index < -0.39 is 0 Å². The number of Topliss-reactive ketones (excluding diaryl/α,β-unsaturated/α-hetero) is 1. The first-order chi connectivity index (χ1) is 6.66. The van der Waals surface area contributed by atoms with Gasteiger partial charge in [-0.3, -0.25) is 9.59 Å².